The van der Waals surface area contributed by atoms with Gasteiger partial charge in [-0.3, -0.25) is 14.6 Å². The van der Waals surface area contributed by atoms with Crippen molar-refractivity contribution in [3.63, 3.8) is 0 Å². The van der Waals surface area contributed by atoms with Crippen LogP contribution in [-0.4, -0.2) is 183 Å². The molecule has 88 heavy (non-hydrogen) atoms. The number of aliphatic hydroxyl groups excluding tert-OH is 2. The number of ether oxygens (including phenoxy) is 2. The van der Waals surface area contributed by atoms with Crippen LogP contribution in [0.25, 0.3) is 0 Å². The lowest BCUT2D eigenvalue weighted by Gasteiger charge is -2.50. The lowest BCUT2D eigenvalue weighted by molar-refractivity contribution is -0.941. The lowest BCUT2D eigenvalue weighted by Crippen LogP contribution is -2.67. The van der Waals surface area contributed by atoms with E-state index in [1.165, 1.54) is 56.7 Å². The van der Waals surface area contributed by atoms with Crippen molar-refractivity contribution in [3.05, 3.63) is 107 Å². The van der Waals surface area contributed by atoms with Gasteiger partial charge in [-0.1, -0.05) is 110 Å². The third-order valence-corrected chi connectivity index (χ3v) is 23.9. The number of aliphatic carboxylic acids is 1. The van der Waals surface area contributed by atoms with Crippen molar-refractivity contribution < 1.29 is 50.9 Å². The Balaban J connectivity index is 0.000000251. The predicted molar refractivity (Wildman–Crippen MR) is 357 cm³/mol. The second-order valence-corrected chi connectivity index (χ2v) is 30.6. The Kier molecular flexibility index (Phi) is 26.1. The van der Waals surface area contributed by atoms with E-state index in [2.05, 4.69) is 32.6 Å². The van der Waals surface area contributed by atoms with Crippen molar-refractivity contribution in [1.29, 1.82) is 0 Å². The van der Waals surface area contributed by atoms with Crippen LogP contribution in [0.4, 0.5) is 11.4 Å². The van der Waals surface area contributed by atoms with E-state index in [0.29, 0.717) is 59.8 Å². The van der Waals surface area contributed by atoms with Crippen molar-refractivity contribution in [2.45, 2.75) is 178 Å². The summed E-state index contributed by atoms with van der Waals surface area (Å²) in [5, 5.41) is 33.7. The Labute approximate surface area is 530 Å². The van der Waals surface area contributed by atoms with Crippen molar-refractivity contribution in [2.24, 2.45) is 10.8 Å². The molecule has 0 radical (unpaired) electrons. The third kappa shape index (κ3) is 17.8. The first-order chi connectivity index (χ1) is 42.1. The minimum Gasteiger partial charge on any atom is -0.494 e. The van der Waals surface area contributed by atoms with E-state index < -0.39 is 60.5 Å². The van der Waals surface area contributed by atoms with E-state index in [1.807, 2.05) is 123 Å². The Hall–Kier alpha value is -4.75. The van der Waals surface area contributed by atoms with E-state index in [9.17, 15) is 31.8 Å². The van der Waals surface area contributed by atoms with Crippen LogP contribution in [-0.2, 0) is 24.5 Å². The number of nitrogens with zero attached hydrogens (tertiary/aromatic N) is 5. The lowest BCUT2D eigenvalue weighted by atomic mass is 9.68. The fourth-order valence-electron chi connectivity index (χ4n) is 14.5. The smallest absolute Gasteiger partial charge is 0.317 e. The number of carboxylic acids is 1. The van der Waals surface area contributed by atoms with E-state index in [-0.39, 0.29) is 18.1 Å². The van der Waals surface area contributed by atoms with Gasteiger partial charge in [0, 0.05) is 81.9 Å². The fraction of sp³-hybridized carbons (Fsp3) is 0.648. The quantitative estimate of drug-likeness (QED) is 0.0311. The molecule has 5 aliphatic rings. The zero-order valence-corrected chi connectivity index (χ0v) is 56.7. The zero-order chi connectivity index (χ0) is 63.7. The number of fused-ring (bicyclic) bond motifs is 5. The molecular formula is C71H110N5O10S2+. The largest absolute Gasteiger partial charge is 0.494 e. The molecule has 5 aliphatic heterocycles. The topological polar surface area (TPSA) is 177 Å². The summed E-state index contributed by atoms with van der Waals surface area (Å²) in [6, 6.07) is 27.0. The molecule has 490 valence electrons. The number of hydrogen-bond donors (Lipinski definition) is 3. The molecule has 17 heteroatoms. The summed E-state index contributed by atoms with van der Waals surface area (Å²) >= 11 is 0. The number of rotatable bonds is 32. The Bertz CT molecular complexity index is 3010. The molecular weight excluding hydrogens is 1150 g/mol. The first-order valence-corrected chi connectivity index (χ1v) is 36.8. The number of piperazine rings is 3. The van der Waals surface area contributed by atoms with Crippen molar-refractivity contribution in [1.82, 2.24) is 9.80 Å². The molecule has 0 saturated carbocycles. The highest BCUT2D eigenvalue weighted by Gasteiger charge is 2.51. The highest BCUT2D eigenvalue weighted by atomic mass is 32.2. The van der Waals surface area contributed by atoms with Gasteiger partial charge in [0.15, 0.2) is 19.7 Å². The molecule has 0 aromatic heterocycles. The number of unbranched alkanes of at least 4 members (excludes halogenated alkanes) is 7. The van der Waals surface area contributed by atoms with E-state index in [1.54, 1.807) is 12.1 Å². The van der Waals surface area contributed by atoms with Crippen LogP contribution in [0.3, 0.4) is 0 Å². The fourth-order valence-corrected chi connectivity index (χ4v) is 18.9. The van der Waals surface area contributed by atoms with Crippen LogP contribution in [0.2, 0.25) is 0 Å². The normalized spacial score (nSPS) is 22.9. The van der Waals surface area contributed by atoms with Crippen molar-refractivity contribution in [2.75, 3.05) is 128 Å². The van der Waals surface area contributed by atoms with Crippen LogP contribution in [0.1, 0.15) is 178 Å². The van der Waals surface area contributed by atoms with Crippen molar-refractivity contribution >= 4 is 37.0 Å². The van der Waals surface area contributed by atoms with Crippen LogP contribution >= 0.6 is 0 Å². The minimum absolute atomic E-state index is 0.00850. The first-order valence-electron chi connectivity index (χ1n) is 33.5. The predicted octanol–water partition coefficient (Wildman–Crippen LogP) is 12.1. The van der Waals surface area contributed by atoms with Gasteiger partial charge < -0.3 is 39.1 Å². The second-order valence-electron chi connectivity index (χ2n) is 26.7. The van der Waals surface area contributed by atoms with Gasteiger partial charge in [0.2, 0.25) is 0 Å². The van der Waals surface area contributed by atoms with Gasteiger partial charge >= 0.3 is 5.97 Å². The molecule has 0 amide bonds. The number of likely N-dealkylation sites (N-methyl/N-ethyl adjacent to an activating group) is 1. The molecule has 0 spiro atoms. The summed E-state index contributed by atoms with van der Waals surface area (Å²) in [6.07, 6.45) is 13.4. The van der Waals surface area contributed by atoms with Gasteiger partial charge in [-0.05, 0) is 154 Å². The van der Waals surface area contributed by atoms with Crippen LogP contribution in [0.15, 0.2) is 94.7 Å². The first kappa shape index (κ1) is 70.7. The van der Waals surface area contributed by atoms with Gasteiger partial charge in [-0.15, -0.1) is 0 Å². The molecule has 0 unspecified atom stereocenters. The van der Waals surface area contributed by atoms with E-state index >= 15 is 0 Å². The number of hydrogen-bond acceptors (Lipinski definition) is 13. The highest BCUT2D eigenvalue weighted by Crippen LogP contribution is 2.52. The zero-order valence-electron chi connectivity index (χ0n) is 55.1. The molecule has 3 N–H and O–H groups in total. The van der Waals surface area contributed by atoms with Crippen molar-refractivity contribution in [3.8, 4) is 11.5 Å². The maximum absolute atomic E-state index is 14.1. The van der Waals surface area contributed by atoms with Crippen LogP contribution in [0, 0.1) is 10.8 Å². The summed E-state index contributed by atoms with van der Waals surface area (Å²) in [4.78, 5) is 20.1. The van der Waals surface area contributed by atoms with E-state index in [4.69, 9.17) is 14.6 Å². The molecule has 2 bridgehead atoms. The Morgan fingerprint density at radius 3 is 1.32 bits per heavy atom. The Morgan fingerprint density at radius 1 is 0.557 bits per heavy atom. The molecule has 4 aromatic carbocycles. The van der Waals surface area contributed by atoms with Gasteiger partial charge in [0.25, 0.3) is 0 Å². The molecule has 5 heterocycles. The monoisotopic (exact) mass is 1260 g/mol. The number of anilines is 2. The Morgan fingerprint density at radius 2 is 0.955 bits per heavy atom. The number of carboxylic acid groups (broad SMARTS) is 1. The van der Waals surface area contributed by atoms with Gasteiger partial charge in [0.1, 0.15) is 11.5 Å². The number of benzene rings is 4. The molecule has 3 saturated heterocycles. The molecule has 3 fully saturated rings. The maximum atomic E-state index is 14.1. The summed E-state index contributed by atoms with van der Waals surface area (Å²) < 4.78 is 69.6. The number of sulfone groups is 2. The summed E-state index contributed by atoms with van der Waals surface area (Å²) in [7, 11) is 0.560. The summed E-state index contributed by atoms with van der Waals surface area (Å²) in [5.41, 5.74) is 3.59. The summed E-state index contributed by atoms with van der Waals surface area (Å²) in [5.74, 6) is -0.220. The number of carbonyl (C=O) groups is 1. The summed E-state index contributed by atoms with van der Waals surface area (Å²) in [6.45, 7) is 22.2. The molecule has 0 aliphatic carbocycles. The van der Waals surface area contributed by atoms with Gasteiger partial charge in [-0.25, -0.2) is 16.8 Å². The van der Waals surface area contributed by atoms with Gasteiger partial charge in [0.05, 0.1) is 79.4 Å². The molecule has 9 rings (SSSR count). The number of aliphatic hydroxyl groups is 2. The van der Waals surface area contributed by atoms with Crippen LogP contribution < -0.4 is 19.3 Å². The minimum atomic E-state index is -3.64. The number of quaternary nitrogens is 1. The average molecular weight is 1260 g/mol. The SMILES string of the molecule is CCCCC1(CCCC)CS(=O)(=O)c2ccc(N(C)C)cc2[C@@H](c2ccc(OCCCCCN(CC)CC(=O)O)cc2)[C@H]1O.CCCCC1(CCCC)CS(=O)(=O)c2ccc(N(C)C)cc2[C@@H](c2ccc(OCCCC[N+]34CCN(CC3)CC4)cc2)[C@H]1O. The molecule has 4 aromatic rings. The second kappa shape index (κ2) is 32.5. The molecule has 15 nitrogen and oxygen atoms in total. The maximum Gasteiger partial charge on any atom is 0.317 e. The van der Waals surface area contributed by atoms with Crippen LogP contribution in [0.5, 0.6) is 11.5 Å². The van der Waals surface area contributed by atoms with Gasteiger partial charge in [-0.2, -0.15) is 0 Å². The standard InChI is InChI=1S/C36H56N3O4S.C35H54N2O6S/c1-5-7-17-36(18-8-6-2)28-44(41,42)33-16-13-30(37(3)4)27-32(33)34(35(36)40)29-11-14-31(15-12-29)43-26-10-9-22-39-23-19-38(20-24-39)21-25-39;1-6-9-20-35(21-10-7-2)26-44(41,42)31-19-16-28(36(4)5)24-30(31)33(34(35)40)27-14-17-29(18-15-27)43-23-13-11-12-22-37(8-3)25-32(38)39/h11-16,27,34-35,40H,5-10,17-26,28H2,1-4H3;14-19,24,33-34,40H,6-13,20-23,25-26H2,1-5H3,(H,38,39)/q+1;/t34-,35-;33-,34-/m11/s1. The van der Waals surface area contributed by atoms with E-state index in [0.717, 1.165) is 124 Å². The molecule has 4 atom stereocenters. The highest BCUT2D eigenvalue weighted by molar-refractivity contribution is 7.91. The third-order valence-electron chi connectivity index (χ3n) is 20.0. The average Bonchev–Trinajstić information content (AvgIpc) is 2.88.